The van der Waals surface area contributed by atoms with E-state index < -0.39 is 10.0 Å². The first-order valence-corrected chi connectivity index (χ1v) is 12.0. The number of ether oxygens (including phenoxy) is 2. The van der Waals surface area contributed by atoms with Crippen molar-refractivity contribution in [2.45, 2.75) is 32.1 Å². The summed E-state index contributed by atoms with van der Waals surface area (Å²) in [5.74, 6) is 0.208. The molecule has 0 aliphatic rings. The molecular formula is C22H32N4O5S. The Bertz CT molecular complexity index is 1010. The molecule has 1 aromatic carbocycles. The molecule has 0 saturated heterocycles. The Labute approximate surface area is 190 Å². The fourth-order valence-corrected chi connectivity index (χ4v) is 4.10. The first-order valence-electron chi connectivity index (χ1n) is 10.3. The second-order valence-electron chi connectivity index (χ2n) is 7.93. The highest BCUT2D eigenvalue weighted by molar-refractivity contribution is 7.91. The van der Waals surface area contributed by atoms with Gasteiger partial charge in [0.2, 0.25) is 10.0 Å². The van der Waals surface area contributed by atoms with Gasteiger partial charge in [-0.3, -0.25) is 14.5 Å². The minimum absolute atomic E-state index is 0.0994. The van der Waals surface area contributed by atoms with Crippen LogP contribution < -0.4 is 19.5 Å². The number of aromatic nitrogens is 1. The third-order valence-electron chi connectivity index (χ3n) is 4.33. The summed E-state index contributed by atoms with van der Waals surface area (Å²) < 4.78 is 38.9. The Morgan fingerprint density at radius 3 is 2.56 bits per heavy atom. The van der Waals surface area contributed by atoms with Crippen LogP contribution in [-0.2, 0) is 15.8 Å². The van der Waals surface area contributed by atoms with Crippen LogP contribution in [0.2, 0.25) is 0 Å². The fourth-order valence-electron chi connectivity index (χ4n) is 2.90. The zero-order valence-electron chi connectivity index (χ0n) is 19.2. The number of sulfonamides is 1. The number of pyridine rings is 1. The van der Waals surface area contributed by atoms with Gasteiger partial charge in [0.1, 0.15) is 11.5 Å². The van der Waals surface area contributed by atoms with Crippen LogP contribution in [0.15, 0.2) is 36.7 Å². The van der Waals surface area contributed by atoms with E-state index in [0.717, 1.165) is 13.0 Å². The molecule has 0 saturated carbocycles. The number of carbonyl (C=O) groups excluding carboxylic acids is 1. The quantitative estimate of drug-likeness (QED) is 0.465. The van der Waals surface area contributed by atoms with Crippen molar-refractivity contribution >= 4 is 21.6 Å². The minimum Gasteiger partial charge on any atom is -0.495 e. The molecule has 0 bridgehead atoms. The van der Waals surface area contributed by atoms with E-state index in [1.807, 2.05) is 27.9 Å². The molecule has 0 atom stereocenters. The topological polar surface area (TPSA) is 110 Å². The number of nitrogens with one attached hydrogen (secondary N) is 2. The van der Waals surface area contributed by atoms with Crippen molar-refractivity contribution in [3.63, 3.8) is 0 Å². The van der Waals surface area contributed by atoms with Gasteiger partial charge in [0.15, 0.2) is 0 Å². The molecule has 9 nitrogen and oxygen atoms in total. The average Bonchev–Trinajstić information content (AvgIpc) is 2.71. The van der Waals surface area contributed by atoms with Crippen LogP contribution in [0.25, 0.3) is 0 Å². The van der Waals surface area contributed by atoms with Crippen molar-refractivity contribution in [3.05, 3.63) is 47.8 Å². The molecule has 1 amide bonds. The van der Waals surface area contributed by atoms with E-state index in [0.29, 0.717) is 23.7 Å². The van der Waals surface area contributed by atoms with Crippen LogP contribution in [0.3, 0.4) is 0 Å². The van der Waals surface area contributed by atoms with Crippen LogP contribution in [-0.4, -0.2) is 64.6 Å². The fraction of sp³-hybridized carbons (Fsp3) is 0.455. The molecule has 0 radical (unpaired) electrons. The maximum absolute atomic E-state index is 12.8. The van der Waals surface area contributed by atoms with Crippen LogP contribution in [0, 0.1) is 0 Å². The number of carbonyl (C=O) groups is 1. The summed E-state index contributed by atoms with van der Waals surface area (Å²) in [6.45, 7) is 5.05. The van der Waals surface area contributed by atoms with Gasteiger partial charge in [0, 0.05) is 24.2 Å². The van der Waals surface area contributed by atoms with Crippen molar-refractivity contribution in [1.29, 1.82) is 0 Å². The molecule has 0 aliphatic carbocycles. The van der Waals surface area contributed by atoms with Crippen LogP contribution in [0.4, 0.5) is 5.69 Å². The van der Waals surface area contributed by atoms with Crippen LogP contribution in [0.5, 0.6) is 11.5 Å². The Morgan fingerprint density at radius 1 is 1.16 bits per heavy atom. The number of rotatable bonds is 12. The van der Waals surface area contributed by atoms with Gasteiger partial charge in [-0.25, -0.2) is 8.42 Å². The summed E-state index contributed by atoms with van der Waals surface area (Å²) in [4.78, 5) is 18.8. The number of benzene rings is 1. The molecule has 0 spiro atoms. The van der Waals surface area contributed by atoms with E-state index in [4.69, 9.17) is 9.47 Å². The van der Waals surface area contributed by atoms with E-state index in [-0.39, 0.29) is 29.0 Å². The Hall–Kier alpha value is -2.85. The number of methoxy groups -OCH3 is 1. The van der Waals surface area contributed by atoms with Gasteiger partial charge in [0.05, 0.1) is 37.6 Å². The van der Waals surface area contributed by atoms with Gasteiger partial charge in [-0.15, -0.1) is 0 Å². The normalized spacial score (nSPS) is 11.5. The molecule has 0 fully saturated rings. The maximum atomic E-state index is 12.8. The van der Waals surface area contributed by atoms with Crippen molar-refractivity contribution in [2.75, 3.05) is 39.1 Å². The predicted octanol–water partition coefficient (Wildman–Crippen LogP) is 2.50. The molecule has 32 heavy (non-hydrogen) atoms. The number of anilines is 1. The summed E-state index contributed by atoms with van der Waals surface area (Å²) in [6, 6.07) is 6.31. The summed E-state index contributed by atoms with van der Waals surface area (Å²) in [7, 11) is 1.63. The smallest absolute Gasteiger partial charge is 0.251 e. The first kappa shape index (κ1) is 25.4. The second kappa shape index (κ2) is 11.7. The highest BCUT2D eigenvalue weighted by Gasteiger charge is 2.20. The zero-order chi connectivity index (χ0) is 23.7. The third-order valence-corrected chi connectivity index (χ3v) is 5.57. The molecule has 1 aromatic heterocycles. The van der Waals surface area contributed by atoms with Gasteiger partial charge < -0.3 is 19.7 Å². The van der Waals surface area contributed by atoms with Gasteiger partial charge in [0.25, 0.3) is 5.91 Å². The lowest BCUT2D eigenvalue weighted by Gasteiger charge is -2.16. The lowest BCUT2D eigenvalue weighted by Crippen LogP contribution is -2.31. The maximum Gasteiger partial charge on any atom is 0.251 e. The van der Waals surface area contributed by atoms with Crippen molar-refractivity contribution < 1.29 is 22.7 Å². The van der Waals surface area contributed by atoms with Crippen LogP contribution in [0.1, 0.15) is 36.2 Å². The molecular weight excluding hydrogens is 432 g/mol. The monoisotopic (exact) mass is 464 g/mol. The van der Waals surface area contributed by atoms with E-state index >= 15 is 0 Å². The van der Waals surface area contributed by atoms with Crippen molar-refractivity contribution in [2.24, 2.45) is 0 Å². The highest BCUT2D eigenvalue weighted by Crippen LogP contribution is 2.22. The third kappa shape index (κ3) is 8.35. The number of nitrogens with zero attached hydrogens (tertiary/aromatic N) is 2. The lowest BCUT2D eigenvalue weighted by atomic mass is 10.1. The van der Waals surface area contributed by atoms with E-state index in [1.165, 1.54) is 25.6 Å². The van der Waals surface area contributed by atoms with E-state index in [9.17, 15) is 13.2 Å². The average molecular weight is 465 g/mol. The standard InChI is InChI=1S/C22H32N4O5S/c1-16(2)24-22(27)21-12-19(31-10-6-9-26(3)4)8-7-17(21)15-32(28,29)25-18-11-20(30-5)14-23-13-18/h7-8,11-14,16,25H,6,9-10,15H2,1-5H3,(H,24,27). The van der Waals surface area contributed by atoms with E-state index in [2.05, 4.69) is 19.9 Å². The SMILES string of the molecule is COc1cncc(NS(=O)(=O)Cc2ccc(OCCCN(C)C)cc2C(=O)NC(C)C)c1. The first-order chi connectivity index (χ1) is 15.1. The summed E-state index contributed by atoms with van der Waals surface area (Å²) in [5.41, 5.74) is 0.906. The number of hydrogen-bond donors (Lipinski definition) is 2. The van der Waals surface area contributed by atoms with E-state index in [1.54, 1.807) is 18.2 Å². The molecule has 0 aliphatic heterocycles. The summed E-state index contributed by atoms with van der Waals surface area (Å²) >= 11 is 0. The highest BCUT2D eigenvalue weighted by atomic mass is 32.2. The Morgan fingerprint density at radius 2 is 1.91 bits per heavy atom. The van der Waals surface area contributed by atoms with Crippen LogP contribution >= 0.6 is 0 Å². The summed E-state index contributed by atoms with van der Waals surface area (Å²) in [5, 5.41) is 2.82. The molecule has 1 heterocycles. The molecule has 2 aromatic rings. The molecule has 2 N–H and O–H groups in total. The van der Waals surface area contributed by atoms with Crippen molar-refractivity contribution in [1.82, 2.24) is 15.2 Å². The lowest BCUT2D eigenvalue weighted by molar-refractivity contribution is 0.0942. The van der Waals surface area contributed by atoms with Gasteiger partial charge in [-0.05, 0) is 52.1 Å². The minimum atomic E-state index is -3.81. The van der Waals surface area contributed by atoms with Crippen molar-refractivity contribution in [3.8, 4) is 11.5 Å². The predicted molar refractivity (Wildman–Crippen MR) is 125 cm³/mol. The largest absolute Gasteiger partial charge is 0.495 e. The molecule has 176 valence electrons. The molecule has 0 unspecified atom stereocenters. The molecule has 2 rings (SSSR count). The number of hydrogen-bond acceptors (Lipinski definition) is 7. The Balaban J connectivity index is 2.22. The Kier molecular flexibility index (Phi) is 9.27. The molecule has 10 heteroatoms. The second-order valence-corrected chi connectivity index (χ2v) is 9.65. The van der Waals surface area contributed by atoms with Gasteiger partial charge in [-0.2, -0.15) is 0 Å². The van der Waals surface area contributed by atoms with Gasteiger partial charge >= 0.3 is 0 Å². The zero-order valence-corrected chi connectivity index (χ0v) is 20.0. The number of amides is 1. The van der Waals surface area contributed by atoms with Gasteiger partial charge in [-0.1, -0.05) is 6.07 Å². The summed E-state index contributed by atoms with van der Waals surface area (Å²) in [6.07, 6.45) is 3.69.